The molecule has 6 saturated heterocycles. The number of carbonyl (C=O) groups is 20. The summed E-state index contributed by atoms with van der Waals surface area (Å²) < 4.78 is 183. The quantitative estimate of drug-likeness (QED) is 0.0455. The van der Waals surface area contributed by atoms with Gasteiger partial charge in [-0.1, -0.05) is 0 Å². The van der Waals surface area contributed by atoms with E-state index in [2.05, 4.69) is 0 Å². The van der Waals surface area contributed by atoms with E-state index in [1.807, 2.05) is 0 Å². The second kappa shape index (κ2) is 48.2. The number of hydrogen-bond acceptors (Lipinski definition) is 51. The minimum absolute atomic E-state index is 0.801. The van der Waals surface area contributed by atoms with Crippen LogP contribution in [0, 0.1) is 0 Å². The van der Waals surface area contributed by atoms with Gasteiger partial charge in [-0.25, -0.2) is 0 Å². The third kappa shape index (κ3) is 31.7. The van der Waals surface area contributed by atoms with Gasteiger partial charge in [-0.2, -0.15) is 0 Å². The number of ether oxygens (including phenoxy) is 31. The zero-order valence-electron chi connectivity index (χ0n) is 72.4. The molecule has 0 radical (unpaired) electrons. The molecule has 6 rings (SSSR count). The lowest BCUT2D eigenvalue weighted by Crippen LogP contribution is -2.70. The largest absolute Gasteiger partial charge is 0.463 e. The minimum Gasteiger partial charge on any atom is -0.463 e. The first kappa shape index (κ1) is 105. The van der Waals surface area contributed by atoms with E-state index in [-0.39, 0.29) is 0 Å². The lowest BCUT2D eigenvalue weighted by atomic mass is 9.94. The smallest absolute Gasteiger partial charge is 0.305 e. The Kier molecular flexibility index (Phi) is 39.8. The van der Waals surface area contributed by atoms with E-state index in [9.17, 15) is 95.9 Å². The topological polar surface area (TPSA) is 628 Å². The fraction of sp³-hybridized carbons (Fsp3) is 0.737. The zero-order chi connectivity index (χ0) is 95.0. The molecule has 0 aromatic heterocycles. The van der Waals surface area contributed by atoms with Gasteiger partial charge in [0.05, 0.1) is 0 Å². The minimum atomic E-state index is -2.44. The van der Waals surface area contributed by atoms with Crippen molar-refractivity contribution in [3.8, 4) is 0 Å². The summed E-state index contributed by atoms with van der Waals surface area (Å²) in [6, 6.07) is 0. The fourth-order valence-electron chi connectivity index (χ4n) is 13.9. The molecule has 51 nitrogen and oxygen atoms in total. The van der Waals surface area contributed by atoms with Crippen LogP contribution in [0.1, 0.15) is 138 Å². The van der Waals surface area contributed by atoms with Crippen LogP contribution in [0.5, 0.6) is 0 Å². The molecule has 6 fully saturated rings. The molecular weight excluding hydrogens is 1730 g/mol. The Hall–Kier alpha value is -11.0. The summed E-state index contributed by atoms with van der Waals surface area (Å²) in [5.74, 6) is -22.9. The van der Waals surface area contributed by atoms with E-state index >= 15 is 0 Å². The third-order valence-corrected chi connectivity index (χ3v) is 17.9. The Balaban J connectivity index is 1.55. The van der Waals surface area contributed by atoms with Crippen LogP contribution in [-0.2, 0) is 243 Å². The molecule has 6 heterocycles. The molecule has 0 aromatic rings. The van der Waals surface area contributed by atoms with Crippen LogP contribution in [0.25, 0.3) is 0 Å². The van der Waals surface area contributed by atoms with E-state index in [1.165, 1.54) is 0 Å². The Morgan fingerprint density at radius 2 is 0.260 bits per heavy atom. The molecule has 0 aliphatic carbocycles. The SMILES string of the molecule is CC(=O)OCC1O[C@@H](O[C@H]2[C@H](OC(C)=O)[C@@H](OC(C)=O)[C@H](O[C@H]3[C@H](OC(C)=O)[C@@H](OC(C)=O)[C@H](O[C@H]4[C@H](OC(C)=O)[C@@H](OC(C)=O)[C@H](O[C@H]5[C@H](OC(C)=O)[C@@H](OC(C)=O)[C@H](O[C@H]6[C@H](OC(C)=O)[C@@H](OC(C)=O)C(OC(C)=O)O[C@@H]6COC(C)=O)O[C@@H]5COC(C)=O)O[C@@H]4COC(C)=O)O[C@@H]3COC(C)=O)O[C@@H]2COC(C)=O)[C@H](OC(C)=O)[C@@H](OC(C)=O)[C@@H]1OC(C)=O. The van der Waals surface area contributed by atoms with E-state index < -0.39 is 343 Å². The van der Waals surface area contributed by atoms with Gasteiger partial charge in [0.2, 0.25) is 12.4 Å². The van der Waals surface area contributed by atoms with Crippen LogP contribution in [0.15, 0.2) is 0 Å². The Morgan fingerprint density at radius 1 is 0.142 bits per heavy atom. The van der Waals surface area contributed by atoms with Gasteiger partial charge < -0.3 is 147 Å². The second-order valence-corrected chi connectivity index (χ2v) is 28.6. The monoisotopic (exact) mass is 1830 g/mol. The van der Waals surface area contributed by atoms with Crippen LogP contribution in [-0.4, -0.2) is 343 Å². The average molecular weight is 1830 g/mol. The van der Waals surface area contributed by atoms with Crippen molar-refractivity contribution in [2.75, 3.05) is 39.6 Å². The van der Waals surface area contributed by atoms with Crippen molar-refractivity contribution in [1.29, 1.82) is 0 Å². The van der Waals surface area contributed by atoms with Crippen LogP contribution >= 0.6 is 0 Å². The van der Waals surface area contributed by atoms with Crippen molar-refractivity contribution in [1.82, 2.24) is 0 Å². The highest BCUT2D eigenvalue weighted by Crippen LogP contribution is 2.43. The Bertz CT molecular complexity index is 3970. The highest BCUT2D eigenvalue weighted by Gasteiger charge is 2.65. The molecule has 0 N–H and O–H groups in total. The maximum atomic E-state index is 13.8. The molecule has 6 aliphatic heterocycles. The molecule has 0 saturated carbocycles. The molecule has 712 valence electrons. The summed E-state index contributed by atoms with van der Waals surface area (Å²) >= 11 is 0. The molecule has 30 atom stereocenters. The van der Waals surface area contributed by atoms with Gasteiger partial charge in [-0.05, 0) is 0 Å². The predicted molar refractivity (Wildman–Crippen MR) is 390 cm³/mol. The first-order valence-electron chi connectivity index (χ1n) is 38.8. The van der Waals surface area contributed by atoms with Gasteiger partial charge in [0.1, 0.15) is 107 Å². The summed E-state index contributed by atoms with van der Waals surface area (Å²) in [6.45, 7) is 11.6. The van der Waals surface area contributed by atoms with E-state index in [0.717, 1.165) is 138 Å². The number of hydrogen-bond donors (Lipinski definition) is 0. The fourth-order valence-corrected chi connectivity index (χ4v) is 13.9. The third-order valence-electron chi connectivity index (χ3n) is 17.9. The highest BCUT2D eigenvalue weighted by molar-refractivity contribution is 5.73. The molecule has 51 heteroatoms. The standard InChI is InChI=1S/C76H102O51/c1-27(77)97-21-47-53(103-33(7)83)59(104-34(8)84)66(111-41(15)91)72(118-47)124-55-49(23-99-29(3)79)120-74(68(113-43(17)93)61(55)106-36(10)86)126-57-51(25-101-31(5)81)122-76(70(115-45(19)95)63(57)108-38(12)88)127-58-52(26-102-32(6)82)121-75(69(114-44(18)94)64(58)109-39(13)89)125-56-50(24-100-30(4)80)119-73(67(112-42(16)92)62(56)107-37(11)87)123-54-48(22-98-28(2)78)117-71(116-46(20)96)65(110-40(14)90)60(54)105-35(9)85/h47-76H,21-26H2,1-20H3/t47?,48-,49-,50-,51-,52-,53-,54-,55-,56-,57-,58-,59+,60+,61+,62+,63+,64+,65-,66-,67-,68-,69-,70-,71?,72+,73+,74+,75+,76+/m1/s1. The van der Waals surface area contributed by atoms with Crippen molar-refractivity contribution in [3.63, 3.8) is 0 Å². The Morgan fingerprint density at radius 3 is 0.409 bits per heavy atom. The maximum Gasteiger partial charge on any atom is 0.305 e. The molecule has 2 unspecified atom stereocenters. The van der Waals surface area contributed by atoms with Gasteiger partial charge >= 0.3 is 119 Å². The van der Waals surface area contributed by atoms with Crippen molar-refractivity contribution in [2.45, 2.75) is 323 Å². The first-order chi connectivity index (χ1) is 59.4. The van der Waals surface area contributed by atoms with Crippen molar-refractivity contribution in [3.05, 3.63) is 0 Å². The summed E-state index contributed by atoms with van der Waals surface area (Å²) in [6.07, 6.45) is -64.2. The van der Waals surface area contributed by atoms with Crippen molar-refractivity contribution >= 4 is 119 Å². The van der Waals surface area contributed by atoms with E-state index in [0.29, 0.717) is 0 Å². The number of rotatable bonds is 36. The first-order valence-corrected chi connectivity index (χ1v) is 38.8. The second-order valence-electron chi connectivity index (χ2n) is 28.6. The van der Waals surface area contributed by atoms with Gasteiger partial charge in [0.25, 0.3) is 0 Å². The maximum absolute atomic E-state index is 13.8. The highest BCUT2D eigenvalue weighted by atomic mass is 16.8. The lowest BCUT2D eigenvalue weighted by molar-refractivity contribution is -0.396. The number of esters is 20. The van der Waals surface area contributed by atoms with E-state index in [4.69, 9.17) is 147 Å². The summed E-state index contributed by atoms with van der Waals surface area (Å²) in [7, 11) is 0. The molecule has 127 heavy (non-hydrogen) atoms. The van der Waals surface area contributed by atoms with Crippen molar-refractivity contribution in [2.24, 2.45) is 0 Å². The molecule has 0 bridgehead atoms. The Labute approximate surface area is 722 Å². The van der Waals surface area contributed by atoms with Crippen LogP contribution in [0.3, 0.4) is 0 Å². The normalized spacial score (nSPS) is 32.6. The summed E-state index contributed by atoms with van der Waals surface area (Å²) in [4.78, 5) is 263. The summed E-state index contributed by atoms with van der Waals surface area (Å²) in [5, 5.41) is 0. The molecular formula is C76H102O51. The summed E-state index contributed by atoms with van der Waals surface area (Å²) in [5.41, 5.74) is 0. The van der Waals surface area contributed by atoms with Gasteiger partial charge in [-0.3, -0.25) is 95.9 Å². The van der Waals surface area contributed by atoms with Crippen LogP contribution in [0.2, 0.25) is 0 Å². The average Bonchev–Trinajstić information content (AvgIpc) is 0.753. The molecule has 0 aromatic carbocycles. The van der Waals surface area contributed by atoms with Crippen molar-refractivity contribution < 1.29 is 243 Å². The predicted octanol–water partition coefficient (Wildman–Crippen LogP) is -2.68. The zero-order valence-corrected chi connectivity index (χ0v) is 72.4. The van der Waals surface area contributed by atoms with Crippen LogP contribution < -0.4 is 0 Å². The van der Waals surface area contributed by atoms with Gasteiger partial charge in [-0.15, -0.1) is 0 Å². The molecule has 6 aliphatic rings. The molecule has 0 spiro atoms. The van der Waals surface area contributed by atoms with Gasteiger partial charge in [0.15, 0.2) is 105 Å². The van der Waals surface area contributed by atoms with Crippen LogP contribution in [0.4, 0.5) is 0 Å². The molecule has 0 amide bonds. The van der Waals surface area contributed by atoms with Gasteiger partial charge in [0, 0.05) is 138 Å². The number of carbonyl (C=O) groups excluding carboxylic acids is 20. The lowest BCUT2D eigenvalue weighted by Gasteiger charge is -2.52. The van der Waals surface area contributed by atoms with E-state index in [1.54, 1.807) is 0 Å².